The number of aliphatic hydroxyl groups is 2. The van der Waals surface area contributed by atoms with Gasteiger partial charge in [-0.05, 0) is 128 Å². The first-order valence-corrected chi connectivity index (χ1v) is 38.8. The first-order chi connectivity index (χ1) is 45.2. The molecule has 0 spiro atoms. The number of hydrogen-bond acceptors (Lipinski definition) is 14. The van der Waals surface area contributed by atoms with Crippen LogP contribution in [-0.4, -0.2) is 95.9 Å². The molecular formula is C75H128O16P2. The average Bonchev–Trinajstić information content (AvgIpc) is 3.74. The number of rotatable bonds is 67. The maximum atomic E-state index is 12.9. The third-order valence-electron chi connectivity index (χ3n) is 14.6. The molecule has 0 aliphatic carbocycles. The summed E-state index contributed by atoms with van der Waals surface area (Å²) in [7, 11) is -9.79. The van der Waals surface area contributed by atoms with E-state index in [2.05, 4.69) is 142 Å². The molecule has 0 aromatic rings. The second-order valence-corrected chi connectivity index (χ2v) is 26.6. The van der Waals surface area contributed by atoms with E-state index in [1.807, 2.05) is 0 Å². The van der Waals surface area contributed by atoms with E-state index in [0.29, 0.717) is 19.3 Å². The summed E-state index contributed by atoms with van der Waals surface area (Å²) in [6.45, 7) is 2.42. The molecule has 534 valence electrons. The summed E-state index contributed by atoms with van der Waals surface area (Å²) in [5.74, 6) is -1.61. The third kappa shape index (κ3) is 69.1. The standard InChI is InChI=1S/C75H128O16P2/c1-4-7-10-13-16-19-22-25-27-29-31-32-33-34-35-36-38-40-41-44-46-49-52-55-58-61-73(78)85-64-70(76)65-87-92(81,82)88-66-71(77)67-89-93(83,84)90-69-72(91-75(80)63-60-57-54-51-48-43-24-21-18-15-12-9-6-3)68-86-74(79)62-59-56-53-50-47-45-42-39-37-30-28-26-23-20-17-14-11-8-5-2/h7,10,12,15-17,19-21,24-28,31-32,34-35,37,39,70-72,76-77H,4-6,8-9,11,13-14,18,22-23,29-30,33,36,38,40-69H2,1-3H3,(H,81,82)(H,83,84)/b10-7-,15-12-,19-16-,20-17-,24-21-,27-25-,28-26-,32-31-,35-34-,39-37-. The normalized spacial score (nSPS) is 14.9. The lowest BCUT2D eigenvalue weighted by atomic mass is 10.1. The first kappa shape index (κ1) is 89.0. The summed E-state index contributed by atoms with van der Waals surface area (Å²) in [4.78, 5) is 58.4. The van der Waals surface area contributed by atoms with Crippen LogP contribution in [0.15, 0.2) is 122 Å². The Kier molecular flexibility index (Phi) is 65.0. The summed E-state index contributed by atoms with van der Waals surface area (Å²) >= 11 is 0. The van der Waals surface area contributed by atoms with E-state index < -0.39 is 91.5 Å². The summed E-state index contributed by atoms with van der Waals surface area (Å²) < 4.78 is 60.9. The van der Waals surface area contributed by atoms with E-state index in [4.69, 9.17) is 32.3 Å². The zero-order valence-corrected chi connectivity index (χ0v) is 59.7. The predicted molar refractivity (Wildman–Crippen MR) is 380 cm³/mol. The van der Waals surface area contributed by atoms with E-state index in [9.17, 15) is 43.5 Å². The van der Waals surface area contributed by atoms with Gasteiger partial charge in [0.15, 0.2) is 6.10 Å². The molecule has 93 heavy (non-hydrogen) atoms. The fourth-order valence-corrected chi connectivity index (χ4v) is 10.8. The van der Waals surface area contributed by atoms with Gasteiger partial charge < -0.3 is 34.2 Å². The van der Waals surface area contributed by atoms with Crippen LogP contribution in [0.3, 0.4) is 0 Å². The van der Waals surface area contributed by atoms with Crippen molar-refractivity contribution < 1.29 is 75.8 Å². The number of hydrogen-bond donors (Lipinski definition) is 4. The monoisotopic (exact) mass is 1350 g/mol. The van der Waals surface area contributed by atoms with Crippen LogP contribution >= 0.6 is 15.6 Å². The van der Waals surface area contributed by atoms with Crippen molar-refractivity contribution in [2.75, 3.05) is 39.6 Å². The molecule has 18 heteroatoms. The van der Waals surface area contributed by atoms with E-state index in [1.54, 1.807) is 0 Å². The molecule has 0 radical (unpaired) electrons. The highest BCUT2D eigenvalue weighted by molar-refractivity contribution is 7.47. The van der Waals surface area contributed by atoms with Gasteiger partial charge in [-0.15, -0.1) is 0 Å². The summed E-state index contributed by atoms with van der Waals surface area (Å²) in [5, 5.41) is 20.6. The van der Waals surface area contributed by atoms with Gasteiger partial charge in [0.2, 0.25) is 0 Å². The summed E-state index contributed by atoms with van der Waals surface area (Å²) in [5.41, 5.74) is 0. The van der Waals surface area contributed by atoms with Gasteiger partial charge in [-0.2, -0.15) is 0 Å². The quantitative estimate of drug-likeness (QED) is 0.0146. The SMILES string of the molecule is CC/C=C\C/C=C\C/C=C\C/C=C\C/C=C\CCCCCCCCCCCC(=O)OCC(O)COP(=O)(O)OCC(O)COP(=O)(O)OCC(COC(=O)CCCCCCCC/C=C\C/C=C\C/C=C\CCCCC)OC(=O)CCCCCCC/C=C\C/C=C\CCC. The van der Waals surface area contributed by atoms with Crippen LogP contribution in [0.4, 0.5) is 0 Å². The van der Waals surface area contributed by atoms with Gasteiger partial charge in [-0.3, -0.25) is 32.5 Å². The maximum Gasteiger partial charge on any atom is 0.472 e. The molecular weight excluding hydrogens is 1220 g/mol. The largest absolute Gasteiger partial charge is 0.472 e. The van der Waals surface area contributed by atoms with Gasteiger partial charge in [-0.1, -0.05) is 251 Å². The Morgan fingerprint density at radius 2 is 0.591 bits per heavy atom. The minimum atomic E-state index is -4.93. The van der Waals surface area contributed by atoms with Crippen molar-refractivity contribution in [3.05, 3.63) is 122 Å². The first-order valence-electron chi connectivity index (χ1n) is 35.8. The van der Waals surface area contributed by atoms with Crippen LogP contribution in [0.1, 0.15) is 278 Å². The molecule has 16 nitrogen and oxygen atoms in total. The maximum absolute atomic E-state index is 12.9. The number of carbonyl (C=O) groups is 3. The second-order valence-electron chi connectivity index (χ2n) is 23.6. The molecule has 0 saturated carbocycles. The number of aliphatic hydroxyl groups excluding tert-OH is 2. The Labute approximate surface area is 563 Å². The van der Waals surface area contributed by atoms with Gasteiger partial charge in [-0.25, -0.2) is 9.13 Å². The van der Waals surface area contributed by atoms with E-state index >= 15 is 0 Å². The van der Waals surface area contributed by atoms with E-state index in [0.717, 1.165) is 173 Å². The molecule has 0 aromatic carbocycles. The number of phosphoric ester groups is 2. The molecule has 4 N–H and O–H groups in total. The summed E-state index contributed by atoms with van der Waals surface area (Å²) in [6.07, 6.45) is 78.2. The molecule has 0 aliphatic heterocycles. The fourth-order valence-electron chi connectivity index (χ4n) is 9.17. The van der Waals surface area contributed by atoms with Gasteiger partial charge in [0.05, 0.1) is 26.4 Å². The molecule has 0 amide bonds. The topological polar surface area (TPSA) is 231 Å². The predicted octanol–water partition coefficient (Wildman–Crippen LogP) is 20.2. The lowest BCUT2D eigenvalue weighted by Gasteiger charge is -2.21. The lowest BCUT2D eigenvalue weighted by molar-refractivity contribution is -0.161. The van der Waals surface area contributed by atoms with Crippen molar-refractivity contribution in [3.8, 4) is 0 Å². The molecule has 5 atom stereocenters. The lowest BCUT2D eigenvalue weighted by Crippen LogP contribution is -2.30. The molecule has 0 aliphatic rings. The van der Waals surface area contributed by atoms with Crippen molar-refractivity contribution in [1.82, 2.24) is 0 Å². The number of phosphoric acid groups is 2. The average molecular weight is 1350 g/mol. The minimum Gasteiger partial charge on any atom is -0.463 e. The number of esters is 3. The van der Waals surface area contributed by atoms with E-state index in [-0.39, 0.29) is 19.3 Å². The molecule has 0 rings (SSSR count). The molecule has 5 unspecified atom stereocenters. The zero-order chi connectivity index (χ0) is 68.1. The molecule has 0 fully saturated rings. The van der Waals surface area contributed by atoms with Crippen molar-refractivity contribution in [3.63, 3.8) is 0 Å². The van der Waals surface area contributed by atoms with Gasteiger partial charge in [0, 0.05) is 19.3 Å². The van der Waals surface area contributed by atoms with Gasteiger partial charge >= 0.3 is 33.6 Å². The third-order valence-corrected chi connectivity index (χ3v) is 16.5. The van der Waals surface area contributed by atoms with Crippen molar-refractivity contribution in [1.29, 1.82) is 0 Å². The smallest absolute Gasteiger partial charge is 0.463 e. The molecule has 0 saturated heterocycles. The Balaban J connectivity index is 4.58. The van der Waals surface area contributed by atoms with Crippen LogP contribution in [0.2, 0.25) is 0 Å². The van der Waals surface area contributed by atoms with Crippen molar-refractivity contribution in [2.24, 2.45) is 0 Å². The Morgan fingerprint density at radius 3 is 0.946 bits per heavy atom. The number of ether oxygens (including phenoxy) is 3. The molecule has 0 heterocycles. The second kappa shape index (κ2) is 67.9. The van der Waals surface area contributed by atoms with E-state index in [1.165, 1.54) is 44.9 Å². The van der Waals surface area contributed by atoms with Gasteiger partial charge in [0.1, 0.15) is 25.4 Å². The highest BCUT2D eigenvalue weighted by Crippen LogP contribution is 2.45. The van der Waals surface area contributed by atoms with Crippen LogP contribution in [0.25, 0.3) is 0 Å². The fraction of sp³-hybridized carbons (Fsp3) is 0.693. The zero-order valence-electron chi connectivity index (χ0n) is 57.9. The highest BCUT2D eigenvalue weighted by Gasteiger charge is 2.29. The van der Waals surface area contributed by atoms with Crippen LogP contribution in [-0.2, 0) is 55.8 Å². The van der Waals surface area contributed by atoms with Crippen molar-refractivity contribution in [2.45, 2.75) is 296 Å². The minimum absolute atomic E-state index is 0.0831. The van der Waals surface area contributed by atoms with Crippen molar-refractivity contribution >= 4 is 33.6 Å². The molecule has 0 bridgehead atoms. The summed E-state index contributed by atoms with van der Waals surface area (Å²) in [6, 6.07) is 0. The Hall–Kier alpha value is -4.05. The van der Waals surface area contributed by atoms with Gasteiger partial charge in [0.25, 0.3) is 0 Å². The number of unbranched alkanes of at least 4 members (excludes halogenated alkanes) is 24. The highest BCUT2D eigenvalue weighted by atomic mass is 31.2. The number of carbonyl (C=O) groups excluding carboxylic acids is 3. The Bertz CT molecular complexity index is 2180. The van der Waals surface area contributed by atoms with Crippen LogP contribution in [0, 0.1) is 0 Å². The van der Waals surface area contributed by atoms with Crippen LogP contribution < -0.4 is 0 Å². The van der Waals surface area contributed by atoms with Crippen LogP contribution in [0.5, 0.6) is 0 Å². The Morgan fingerprint density at radius 1 is 0.312 bits per heavy atom. The number of allylic oxidation sites excluding steroid dienone is 20. The molecule has 0 aromatic heterocycles.